The van der Waals surface area contributed by atoms with Crippen LogP contribution < -0.4 is 5.32 Å². The second-order valence-corrected chi connectivity index (χ2v) is 8.02. The molecule has 2 aromatic heterocycles. The molecule has 4 nitrogen and oxygen atoms in total. The standard InChI is InChI=1S/C21H23N3OS/c1-15-9-11-16(12-10-15)22-21(25)19-14-18(20-8-5-13-26-20)23-24(19)17-6-3-2-4-7-17/h2-8,13-16H,9-12H2,1H3,(H,22,25). The Morgan fingerprint density at radius 3 is 2.58 bits per heavy atom. The van der Waals surface area contributed by atoms with Crippen molar-refractivity contribution in [2.45, 2.75) is 38.6 Å². The van der Waals surface area contributed by atoms with Gasteiger partial charge in [-0.2, -0.15) is 5.10 Å². The third-order valence-corrected chi connectivity index (χ3v) is 5.96. The predicted molar refractivity (Wildman–Crippen MR) is 106 cm³/mol. The summed E-state index contributed by atoms with van der Waals surface area (Å²) in [6, 6.07) is 16.1. The SMILES string of the molecule is CC1CCC(NC(=O)c2cc(-c3cccs3)nn2-c2ccccc2)CC1. The van der Waals surface area contributed by atoms with Crippen molar-refractivity contribution >= 4 is 17.2 Å². The van der Waals surface area contributed by atoms with Crippen LogP contribution in [0.4, 0.5) is 0 Å². The van der Waals surface area contributed by atoms with Crippen LogP contribution in [-0.2, 0) is 0 Å². The molecule has 0 unspecified atom stereocenters. The van der Waals surface area contributed by atoms with Gasteiger partial charge in [0.25, 0.3) is 5.91 Å². The number of rotatable bonds is 4. The monoisotopic (exact) mass is 365 g/mol. The van der Waals surface area contributed by atoms with Gasteiger partial charge in [-0.3, -0.25) is 4.79 Å². The molecule has 0 atom stereocenters. The number of carbonyl (C=O) groups excluding carboxylic acids is 1. The highest BCUT2D eigenvalue weighted by atomic mass is 32.1. The van der Waals surface area contributed by atoms with Gasteiger partial charge < -0.3 is 5.32 Å². The number of hydrogen-bond acceptors (Lipinski definition) is 3. The Morgan fingerprint density at radius 2 is 1.88 bits per heavy atom. The Kier molecular flexibility index (Phi) is 4.89. The van der Waals surface area contributed by atoms with E-state index < -0.39 is 0 Å². The smallest absolute Gasteiger partial charge is 0.270 e. The highest BCUT2D eigenvalue weighted by Crippen LogP contribution is 2.27. The van der Waals surface area contributed by atoms with Gasteiger partial charge in [0.1, 0.15) is 11.4 Å². The van der Waals surface area contributed by atoms with Crippen molar-refractivity contribution in [3.63, 3.8) is 0 Å². The lowest BCUT2D eigenvalue weighted by Gasteiger charge is -2.26. The Labute approximate surface area is 157 Å². The Hall–Kier alpha value is -2.40. The fourth-order valence-electron chi connectivity index (χ4n) is 3.52. The molecule has 2 heterocycles. The third kappa shape index (κ3) is 3.58. The van der Waals surface area contributed by atoms with Crippen LogP contribution in [0, 0.1) is 5.92 Å². The fraction of sp³-hybridized carbons (Fsp3) is 0.333. The third-order valence-electron chi connectivity index (χ3n) is 5.07. The van der Waals surface area contributed by atoms with Crippen LogP contribution in [0.15, 0.2) is 53.9 Å². The van der Waals surface area contributed by atoms with Crippen LogP contribution in [0.1, 0.15) is 43.1 Å². The lowest BCUT2D eigenvalue weighted by molar-refractivity contribution is 0.0915. The molecule has 4 rings (SSSR count). The number of hydrogen-bond donors (Lipinski definition) is 1. The molecular weight excluding hydrogens is 342 g/mol. The normalized spacial score (nSPS) is 20.0. The molecule has 1 aromatic carbocycles. The van der Waals surface area contributed by atoms with Crippen LogP contribution in [0.25, 0.3) is 16.3 Å². The Balaban J connectivity index is 1.64. The summed E-state index contributed by atoms with van der Waals surface area (Å²) in [4.78, 5) is 14.1. The molecule has 134 valence electrons. The van der Waals surface area contributed by atoms with E-state index in [0.29, 0.717) is 5.69 Å². The summed E-state index contributed by atoms with van der Waals surface area (Å²) in [5.41, 5.74) is 2.34. The molecule has 5 heteroatoms. The van der Waals surface area contributed by atoms with Crippen molar-refractivity contribution in [2.24, 2.45) is 5.92 Å². The first kappa shape index (κ1) is 17.0. The van der Waals surface area contributed by atoms with Gasteiger partial charge in [-0.05, 0) is 61.2 Å². The molecule has 0 saturated heterocycles. The van der Waals surface area contributed by atoms with Gasteiger partial charge in [0, 0.05) is 6.04 Å². The van der Waals surface area contributed by atoms with Gasteiger partial charge in [0.2, 0.25) is 0 Å². The van der Waals surface area contributed by atoms with E-state index in [1.165, 1.54) is 12.8 Å². The van der Waals surface area contributed by atoms with Crippen LogP contribution in [0.3, 0.4) is 0 Å². The molecule has 26 heavy (non-hydrogen) atoms. The molecule has 1 aliphatic carbocycles. The second kappa shape index (κ2) is 7.46. The average molecular weight is 366 g/mol. The van der Waals surface area contributed by atoms with Crippen LogP contribution in [-0.4, -0.2) is 21.7 Å². The molecule has 1 amide bonds. The molecule has 0 radical (unpaired) electrons. The van der Waals surface area contributed by atoms with E-state index in [1.807, 2.05) is 53.9 Å². The highest BCUT2D eigenvalue weighted by Gasteiger charge is 2.23. The summed E-state index contributed by atoms with van der Waals surface area (Å²) in [7, 11) is 0. The zero-order chi connectivity index (χ0) is 17.9. The molecule has 1 saturated carbocycles. The van der Waals surface area contributed by atoms with Gasteiger partial charge in [0.15, 0.2) is 0 Å². The summed E-state index contributed by atoms with van der Waals surface area (Å²) in [6.07, 6.45) is 4.49. The largest absolute Gasteiger partial charge is 0.348 e. The molecule has 1 aliphatic rings. The molecule has 0 spiro atoms. The first-order valence-corrected chi connectivity index (χ1v) is 10.1. The molecule has 0 aliphatic heterocycles. The maximum absolute atomic E-state index is 13.0. The summed E-state index contributed by atoms with van der Waals surface area (Å²) in [6.45, 7) is 2.29. The number of thiophene rings is 1. The number of aromatic nitrogens is 2. The van der Waals surface area contributed by atoms with Crippen LogP contribution in [0.2, 0.25) is 0 Å². The number of carbonyl (C=O) groups is 1. The minimum absolute atomic E-state index is 0.0382. The van der Waals surface area contributed by atoms with Crippen molar-refractivity contribution in [1.29, 1.82) is 0 Å². The average Bonchev–Trinajstić information content (AvgIpc) is 3.34. The van der Waals surface area contributed by atoms with E-state index >= 15 is 0 Å². The molecule has 1 fully saturated rings. The molecular formula is C21H23N3OS. The van der Waals surface area contributed by atoms with E-state index in [4.69, 9.17) is 5.10 Å². The number of nitrogens with one attached hydrogen (secondary N) is 1. The second-order valence-electron chi connectivity index (χ2n) is 7.07. The fourth-order valence-corrected chi connectivity index (χ4v) is 4.20. The summed E-state index contributed by atoms with van der Waals surface area (Å²) >= 11 is 1.63. The van der Waals surface area contributed by atoms with Crippen LogP contribution >= 0.6 is 11.3 Å². The van der Waals surface area contributed by atoms with E-state index in [1.54, 1.807) is 16.0 Å². The van der Waals surface area contributed by atoms with E-state index in [2.05, 4.69) is 12.2 Å². The van der Waals surface area contributed by atoms with Gasteiger partial charge >= 0.3 is 0 Å². The maximum atomic E-state index is 13.0. The lowest BCUT2D eigenvalue weighted by atomic mass is 9.87. The van der Waals surface area contributed by atoms with Crippen molar-refractivity contribution in [2.75, 3.05) is 0 Å². The van der Waals surface area contributed by atoms with Gasteiger partial charge in [-0.1, -0.05) is 31.2 Å². The van der Waals surface area contributed by atoms with Gasteiger partial charge in [-0.25, -0.2) is 4.68 Å². The number of amides is 1. The number of para-hydroxylation sites is 1. The molecule has 0 bridgehead atoms. The topological polar surface area (TPSA) is 46.9 Å². The Bertz CT molecular complexity index is 862. The summed E-state index contributed by atoms with van der Waals surface area (Å²) in [5, 5.41) is 9.97. The minimum atomic E-state index is -0.0382. The number of benzene rings is 1. The predicted octanol–water partition coefficient (Wildman–Crippen LogP) is 4.91. The lowest BCUT2D eigenvalue weighted by Crippen LogP contribution is -2.38. The van der Waals surface area contributed by atoms with Gasteiger partial charge in [-0.15, -0.1) is 11.3 Å². The minimum Gasteiger partial charge on any atom is -0.348 e. The quantitative estimate of drug-likeness (QED) is 0.714. The van der Waals surface area contributed by atoms with Crippen molar-refractivity contribution < 1.29 is 4.79 Å². The van der Waals surface area contributed by atoms with E-state index in [-0.39, 0.29) is 11.9 Å². The van der Waals surface area contributed by atoms with E-state index in [0.717, 1.165) is 35.0 Å². The van der Waals surface area contributed by atoms with Crippen molar-refractivity contribution in [3.8, 4) is 16.3 Å². The zero-order valence-electron chi connectivity index (χ0n) is 14.9. The zero-order valence-corrected chi connectivity index (χ0v) is 15.7. The van der Waals surface area contributed by atoms with Crippen molar-refractivity contribution in [3.05, 3.63) is 59.6 Å². The molecule has 1 N–H and O–H groups in total. The summed E-state index contributed by atoms with van der Waals surface area (Å²) < 4.78 is 1.76. The number of nitrogens with zero attached hydrogens (tertiary/aromatic N) is 2. The van der Waals surface area contributed by atoms with Crippen LogP contribution in [0.5, 0.6) is 0 Å². The highest BCUT2D eigenvalue weighted by molar-refractivity contribution is 7.13. The molecule has 3 aromatic rings. The summed E-state index contributed by atoms with van der Waals surface area (Å²) in [5.74, 6) is 0.729. The first-order valence-electron chi connectivity index (χ1n) is 9.21. The first-order chi connectivity index (χ1) is 12.7. The van der Waals surface area contributed by atoms with Gasteiger partial charge in [0.05, 0.1) is 10.6 Å². The Morgan fingerprint density at radius 1 is 1.12 bits per heavy atom. The maximum Gasteiger partial charge on any atom is 0.270 e. The van der Waals surface area contributed by atoms with Crippen molar-refractivity contribution in [1.82, 2.24) is 15.1 Å². The van der Waals surface area contributed by atoms with E-state index in [9.17, 15) is 4.79 Å².